The maximum atomic E-state index is 13.1. The van der Waals surface area contributed by atoms with Gasteiger partial charge in [-0.2, -0.15) is 0 Å². The molecule has 0 saturated heterocycles. The number of anilines is 1. The van der Waals surface area contributed by atoms with Crippen LogP contribution in [0.4, 0.5) is 5.69 Å². The number of hydrogen-bond acceptors (Lipinski definition) is 6. The number of para-hydroxylation sites is 2. The molecule has 0 amide bonds. The quantitative estimate of drug-likeness (QED) is 0.281. The van der Waals surface area contributed by atoms with Crippen molar-refractivity contribution in [3.05, 3.63) is 88.8 Å². The second kappa shape index (κ2) is 10.1. The Hall–Kier alpha value is -4.05. The summed E-state index contributed by atoms with van der Waals surface area (Å²) in [6.07, 6.45) is 0.422. The molecular formula is C25H25N3O6S. The summed E-state index contributed by atoms with van der Waals surface area (Å²) in [6, 6.07) is 19.7. The monoisotopic (exact) mass is 495 g/mol. The van der Waals surface area contributed by atoms with Gasteiger partial charge in [0.1, 0.15) is 5.75 Å². The van der Waals surface area contributed by atoms with E-state index in [4.69, 9.17) is 9.47 Å². The molecule has 0 spiro atoms. The summed E-state index contributed by atoms with van der Waals surface area (Å²) in [6.45, 7) is 0.449. The largest absolute Gasteiger partial charge is 0.497 e. The Bertz CT molecular complexity index is 1510. The number of methoxy groups -OCH3 is 1. The van der Waals surface area contributed by atoms with Crippen LogP contribution in [0.15, 0.2) is 82.5 Å². The minimum absolute atomic E-state index is 0.0318. The van der Waals surface area contributed by atoms with Crippen LogP contribution in [0.5, 0.6) is 5.75 Å². The molecule has 0 unspecified atom stereocenters. The van der Waals surface area contributed by atoms with Crippen LogP contribution in [-0.2, 0) is 21.3 Å². The van der Waals surface area contributed by atoms with Gasteiger partial charge < -0.3 is 14.5 Å². The first-order chi connectivity index (χ1) is 16.8. The number of imidazole rings is 1. The summed E-state index contributed by atoms with van der Waals surface area (Å²) in [5, 5.41) is 0. The van der Waals surface area contributed by atoms with E-state index >= 15 is 0 Å². The average molecular weight is 496 g/mol. The maximum Gasteiger partial charge on any atom is 0.338 e. The van der Waals surface area contributed by atoms with Gasteiger partial charge in [-0.25, -0.2) is 18.0 Å². The van der Waals surface area contributed by atoms with E-state index in [1.54, 1.807) is 28.8 Å². The summed E-state index contributed by atoms with van der Waals surface area (Å²) in [7, 11) is -0.936. The number of rotatable bonds is 9. The van der Waals surface area contributed by atoms with Gasteiger partial charge in [-0.3, -0.25) is 8.87 Å². The van der Waals surface area contributed by atoms with E-state index in [2.05, 4.69) is 4.98 Å². The van der Waals surface area contributed by atoms with Crippen LogP contribution in [0.25, 0.3) is 11.0 Å². The third kappa shape index (κ3) is 5.07. The smallest absolute Gasteiger partial charge is 0.338 e. The van der Waals surface area contributed by atoms with Crippen LogP contribution in [-0.4, -0.2) is 44.7 Å². The van der Waals surface area contributed by atoms with Gasteiger partial charge in [0.05, 0.1) is 40.9 Å². The first-order valence-electron chi connectivity index (χ1n) is 10.9. The van der Waals surface area contributed by atoms with Gasteiger partial charge in [0, 0.05) is 13.6 Å². The number of nitrogens with zero attached hydrogens (tertiary/aromatic N) is 2. The number of aromatic amines is 1. The van der Waals surface area contributed by atoms with Gasteiger partial charge in [-0.15, -0.1) is 0 Å². The first kappa shape index (κ1) is 24.1. The third-order valence-corrected chi connectivity index (χ3v) is 7.39. The van der Waals surface area contributed by atoms with Crippen molar-refractivity contribution in [2.75, 3.05) is 25.1 Å². The van der Waals surface area contributed by atoms with Crippen LogP contribution in [0.3, 0.4) is 0 Å². The van der Waals surface area contributed by atoms with Crippen molar-refractivity contribution in [2.24, 2.45) is 0 Å². The first-order valence-corrected chi connectivity index (χ1v) is 12.3. The van der Waals surface area contributed by atoms with E-state index in [9.17, 15) is 18.0 Å². The lowest BCUT2D eigenvalue weighted by atomic mass is 10.2. The normalized spacial score (nSPS) is 11.4. The number of aryl methyl sites for hydroxylation is 1. The Morgan fingerprint density at radius 1 is 1.03 bits per heavy atom. The zero-order chi connectivity index (χ0) is 25.0. The highest BCUT2D eigenvalue weighted by atomic mass is 32.2. The Morgan fingerprint density at radius 3 is 2.51 bits per heavy atom. The number of benzene rings is 3. The van der Waals surface area contributed by atoms with Gasteiger partial charge in [-0.1, -0.05) is 18.2 Å². The lowest BCUT2D eigenvalue weighted by molar-refractivity contribution is 0.0496. The number of sulfonamides is 1. The highest BCUT2D eigenvalue weighted by Gasteiger charge is 2.23. The molecule has 4 aromatic rings. The van der Waals surface area contributed by atoms with Crippen molar-refractivity contribution in [1.29, 1.82) is 0 Å². The third-order valence-electron chi connectivity index (χ3n) is 5.60. The van der Waals surface area contributed by atoms with Crippen LogP contribution in [0, 0.1) is 0 Å². The van der Waals surface area contributed by atoms with Crippen LogP contribution in [0.1, 0.15) is 16.8 Å². The summed E-state index contributed by atoms with van der Waals surface area (Å²) in [5.74, 6) is -0.0284. The fourth-order valence-corrected chi connectivity index (χ4v) is 4.91. The molecule has 0 atom stereocenters. The van der Waals surface area contributed by atoms with E-state index < -0.39 is 16.0 Å². The molecular weight excluding hydrogens is 470 g/mol. The molecule has 0 fully saturated rings. The number of aromatic nitrogens is 2. The van der Waals surface area contributed by atoms with Gasteiger partial charge >= 0.3 is 11.7 Å². The highest BCUT2D eigenvalue weighted by molar-refractivity contribution is 7.92. The number of nitrogens with one attached hydrogen (secondary N) is 1. The molecule has 10 heteroatoms. The standard InChI is InChI=1S/C25H25N3O6S/c1-27(19-11-13-20(33-2)14-12-19)35(31,32)21-8-5-7-18(17-21)24(29)34-16-6-15-28-23-10-4-3-9-22(23)26-25(28)30/h3-5,7-14,17H,6,15-16H2,1-2H3,(H,26,30). The fraction of sp³-hybridized carbons (Fsp3) is 0.200. The van der Waals surface area contributed by atoms with E-state index in [0.717, 1.165) is 15.3 Å². The van der Waals surface area contributed by atoms with Gasteiger partial charge in [0.15, 0.2) is 0 Å². The van der Waals surface area contributed by atoms with E-state index in [1.807, 2.05) is 24.3 Å². The number of carbonyl (C=O) groups excluding carboxylic acids is 1. The van der Waals surface area contributed by atoms with Crippen molar-refractivity contribution in [2.45, 2.75) is 17.9 Å². The number of carbonyl (C=O) groups is 1. The summed E-state index contributed by atoms with van der Waals surface area (Å²) < 4.78 is 39.4. The summed E-state index contributed by atoms with van der Waals surface area (Å²) >= 11 is 0. The Kier molecular flexibility index (Phi) is 6.92. The molecule has 182 valence electrons. The molecule has 0 radical (unpaired) electrons. The molecule has 3 aromatic carbocycles. The van der Waals surface area contributed by atoms with Gasteiger partial charge in [0.25, 0.3) is 10.0 Å². The minimum atomic E-state index is -3.90. The Balaban J connectivity index is 1.40. The molecule has 0 saturated carbocycles. The topological polar surface area (TPSA) is 111 Å². The summed E-state index contributed by atoms with van der Waals surface area (Å²) in [5.41, 5.74) is 1.87. The van der Waals surface area contributed by atoms with E-state index in [1.165, 1.54) is 38.4 Å². The van der Waals surface area contributed by atoms with Crippen molar-refractivity contribution in [1.82, 2.24) is 9.55 Å². The molecule has 1 aromatic heterocycles. The zero-order valence-corrected chi connectivity index (χ0v) is 20.1. The second-order valence-electron chi connectivity index (χ2n) is 7.79. The fourth-order valence-electron chi connectivity index (χ4n) is 3.67. The lowest BCUT2D eigenvalue weighted by Gasteiger charge is -2.20. The van der Waals surface area contributed by atoms with Crippen molar-refractivity contribution in [3.63, 3.8) is 0 Å². The predicted molar refractivity (Wildman–Crippen MR) is 132 cm³/mol. The molecule has 35 heavy (non-hydrogen) atoms. The van der Waals surface area contributed by atoms with Crippen LogP contribution >= 0.6 is 0 Å². The molecule has 0 bridgehead atoms. The molecule has 0 aliphatic carbocycles. The van der Waals surface area contributed by atoms with Crippen LogP contribution < -0.4 is 14.7 Å². The Morgan fingerprint density at radius 2 is 1.77 bits per heavy atom. The Labute approximate surface area is 202 Å². The minimum Gasteiger partial charge on any atom is -0.497 e. The van der Waals surface area contributed by atoms with Crippen molar-refractivity contribution < 1.29 is 22.7 Å². The zero-order valence-electron chi connectivity index (χ0n) is 19.3. The molecule has 0 aliphatic rings. The number of ether oxygens (including phenoxy) is 2. The number of esters is 1. The molecule has 9 nitrogen and oxygen atoms in total. The SMILES string of the molecule is COc1ccc(N(C)S(=O)(=O)c2cccc(C(=O)OCCCn3c(=O)[nH]c4ccccc43)c2)cc1. The molecule has 1 heterocycles. The van der Waals surface area contributed by atoms with Crippen LogP contribution in [0.2, 0.25) is 0 Å². The highest BCUT2D eigenvalue weighted by Crippen LogP contribution is 2.25. The van der Waals surface area contributed by atoms with E-state index in [-0.39, 0.29) is 22.8 Å². The molecule has 1 N–H and O–H groups in total. The molecule has 4 rings (SSSR count). The predicted octanol–water partition coefficient (Wildman–Crippen LogP) is 3.41. The number of H-pyrrole nitrogens is 1. The van der Waals surface area contributed by atoms with Gasteiger partial charge in [-0.05, 0) is 61.0 Å². The summed E-state index contributed by atoms with van der Waals surface area (Å²) in [4.78, 5) is 27.4. The van der Waals surface area contributed by atoms with Crippen molar-refractivity contribution in [3.8, 4) is 5.75 Å². The van der Waals surface area contributed by atoms with Gasteiger partial charge in [0.2, 0.25) is 0 Å². The van der Waals surface area contributed by atoms with Crippen molar-refractivity contribution >= 4 is 32.7 Å². The number of fused-ring (bicyclic) bond motifs is 1. The second-order valence-corrected chi connectivity index (χ2v) is 9.76. The average Bonchev–Trinajstić information content (AvgIpc) is 3.20. The maximum absolute atomic E-state index is 13.1. The van der Waals surface area contributed by atoms with E-state index in [0.29, 0.717) is 24.4 Å². The lowest BCUT2D eigenvalue weighted by Crippen LogP contribution is -2.26. The number of hydrogen-bond donors (Lipinski definition) is 1. The molecule has 0 aliphatic heterocycles.